The molecule has 8 heteroatoms. The van der Waals surface area contributed by atoms with E-state index in [1.54, 1.807) is 7.11 Å². The number of carbonyl (C=O) groups is 1. The Balaban J connectivity index is 1.31. The van der Waals surface area contributed by atoms with Crippen molar-refractivity contribution in [3.63, 3.8) is 0 Å². The second-order valence-corrected chi connectivity index (χ2v) is 10.1. The van der Waals surface area contributed by atoms with Crippen molar-refractivity contribution in [1.29, 1.82) is 0 Å². The van der Waals surface area contributed by atoms with Gasteiger partial charge in [-0.1, -0.05) is 54.6 Å². The van der Waals surface area contributed by atoms with E-state index in [0.717, 1.165) is 36.6 Å². The van der Waals surface area contributed by atoms with Crippen molar-refractivity contribution in [2.75, 3.05) is 78.1 Å². The zero-order valence-corrected chi connectivity index (χ0v) is 23.4. The summed E-state index contributed by atoms with van der Waals surface area (Å²) in [5, 5.41) is 0. The van der Waals surface area contributed by atoms with Gasteiger partial charge in [-0.25, -0.2) is 4.98 Å². The molecule has 0 N–H and O–H groups in total. The Morgan fingerprint density at radius 2 is 1.80 bits per heavy atom. The van der Waals surface area contributed by atoms with Crippen molar-refractivity contribution < 1.29 is 19.0 Å². The van der Waals surface area contributed by atoms with E-state index in [2.05, 4.69) is 29.2 Å². The van der Waals surface area contributed by atoms with E-state index in [9.17, 15) is 4.79 Å². The molecule has 1 atom stereocenters. The van der Waals surface area contributed by atoms with Crippen LogP contribution in [-0.2, 0) is 9.47 Å². The molecule has 2 fully saturated rings. The van der Waals surface area contributed by atoms with Gasteiger partial charge >= 0.3 is 0 Å². The maximum atomic E-state index is 13.8. The minimum Gasteiger partial charge on any atom is -0.496 e. The van der Waals surface area contributed by atoms with Gasteiger partial charge in [0, 0.05) is 51.9 Å². The molecule has 40 heavy (non-hydrogen) atoms. The average molecular weight is 543 g/mol. The van der Waals surface area contributed by atoms with Gasteiger partial charge in [-0.05, 0) is 29.8 Å². The molecule has 2 aliphatic rings. The molecule has 1 amide bonds. The molecular weight excluding hydrogens is 504 g/mol. The van der Waals surface area contributed by atoms with E-state index in [-0.39, 0.29) is 12.0 Å². The Morgan fingerprint density at radius 1 is 1.02 bits per heavy atom. The molecule has 0 aliphatic carbocycles. The van der Waals surface area contributed by atoms with Crippen LogP contribution in [-0.4, -0.2) is 100 Å². The second kappa shape index (κ2) is 13.6. The van der Waals surface area contributed by atoms with Crippen LogP contribution in [0.4, 0.5) is 5.82 Å². The lowest BCUT2D eigenvalue weighted by Crippen LogP contribution is -2.49. The third-order valence-electron chi connectivity index (χ3n) is 7.35. The summed E-state index contributed by atoms with van der Waals surface area (Å²) < 4.78 is 17.1. The van der Waals surface area contributed by atoms with E-state index >= 15 is 0 Å². The number of likely N-dealkylation sites (N-methyl/N-ethyl adjacent to an activating group) is 1. The molecule has 2 saturated heterocycles. The molecule has 210 valence electrons. The van der Waals surface area contributed by atoms with E-state index < -0.39 is 0 Å². The number of carbonyl (C=O) groups excluding carboxylic acids is 1. The summed E-state index contributed by atoms with van der Waals surface area (Å²) >= 11 is 0. The summed E-state index contributed by atoms with van der Waals surface area (Å²) in [6, 6.07) is 21.9. The maximum Gasteiger partial charge on any atom is 0.257 e. The predicted molar refractivity (Wildman–Crippen MR) is 158 cm³/mol. The predicted octanol–water partition coefficient (Wildman–Crippen LogP) is 4.08. The molecule has 0 unspecified atom stereocenters. The SMILES string of the molecule is COc1ccccc1-c1ccc(C(=O)N2CCN(C/C=C/c3ccccc3)CC2)c(N(C)C[C@H]2COCCO2)n1. The first-order valence-electron chi connectivity index (χ1n) is 13.9. The van der Waals surface area contributed by atoms with Gasteiger partial charge in [0.25, 0.3) is 5.91 Å². The molecule has 5 rings (SSSR count). The molecule has 2 aromatic carbocycles. The number of benzene rings is 2. The van der Waals surface area contributed by atoms with Gasteiger partial charge in [-0.15, -0.1) is 0 Å². The van der Waals surface area contributed by atoms with Crippen LogP contribution < -0.4 is 9.64 Å². The number of anilines is 1. The monoisotopic (exact) mass is 542 g/mol. The highest BCUT2D eigenvalue weighted by Crippen LogP contribution is 2.31. The highest BCUT2D eigenvalue weighted by atomic mass is 16.6. The number of methoxy groups -OCH3 is 1. The molecule has 0 radical (unpaired) electrons. The molecule has 3 aromatic rings. The number of nitrogens with zero attached hydrogens (tertiary/aromatic N) is 4. The van der Waals surface area contributed by atoms with Gasteiger partial charge < -0.3 is 24.0 Å². The Labute approximate surface area is 236 Å². The largest absolute Gasteiger partial charge is 0.496 e. The number of ether oxygens (including phenoxy) is 3. The molecule has 8 nitrogen and oxygen atoms in total. The number of rotatable bonds is 9. The first-order valence-corrected chi connectivity index (χ1v) is 13.9. The molecule has 0 spiro atoms. The van der Waals surface area contributed by atoms with Crippen LogP contribution >= 0.6 is 0 Å². The minimum atomic E-state index is -0.0779. The Kier molecular flexibility index (Phi) is 9.44. The fourth-order valence-corrected chi connectivity index (χ4v) is 5.15. The molecule has 1 aromatic heterocycles. The number of para-hydroxylation sites is 1. The zero-order chi connectivity index (χ0) is 27.7. The number of aromatic nitrogens is 1. The van der Waals surface area contributed by atoms with E-state index in [1.807, 2.05) is 71.4 Å². The van der Waals surface area contributed by atoms with Gasteiger partial charge in [0.1, 0.15) is 11.6 Å². The average Bonchev–Trinajstić information content (AvgIpc) is 3.02. The highest BCUT2D eigenvalue weighted by molar-refractivity contribution is 5.99. The topological polar surface area (TPSA) is 67.4 Å². The Morgan fingerprint density at radius 3 is 2.55 bits per heavy atom. The highest BCUT2D eigenvalue weighted by Gasteiger charge is 2.27. The van der Waals surface area contributed by atoms with E-state index in [0.29, 0.717) is 50.8 Å². The summed E-state index contributed by atoms with van der Waals surface area (Å²) in [7, 11) is 3.61. The van der Waals surface area contributed by atoms with Gasteiger partial charge in [-0.3, -0.25) is 9.69 Å². The maximum absolute atomic E-state index is 13.8. The summed E-state index contributed by atoms with van der Waals surface area (Å²) in [5.74, 6) is 1.38. The lowest BCUT2D eigenvalue weighted by atomic mass is 10.1. The van der Waals surface area contributed by atoms with Crippen molar-refractivity contribution in [2.45, 2.75) is 6.10 Å². The molecule has 2 aliphatic heterocycles. The third kappa shape index (κ3) is 6.88. The fraction of sp³-hybridized carbons (Fsp3) is 0.375. The quantitative estimate of drug-likeness (QED) is 0.404. The Hall–Kier alpha value is -3.72. The van der Waals surface area contributed by atoms with Crippen molar-refractivity contribution in [3.05, 3.63) is 83.9 Å². The van der Waals surface area contributed by atoms with Gasteiger partial charge in [0.05, 0.1) is 44.3 Å². The normalized spacial score (nSPS) is 18.1. The molecule has 0 bridgehead atoms. The van der Waals surface area contributed by atoms with Crippen molar-refractivity contribution in [2.24, 2.45) is 0 Å². The van der Waals surface area contributed by atoms with E-state index in [1.165, 1.54) is 5.56 Å². The lowest BCUT2D eigenvalue weighted by Gasteiger charge is -2.35. The number of piperazine rings is 1. The number of amides is 1. The van der Waals surface area contributed by atoms with Crippen LogP contribution in [0.3, 0.4) is 0 Å². The van der Waals surface area contributed by atoms with Crippen LogP contribution in [0.1, 0.15) is 15.9 Å². The standard InChI is InChI=1S/C32H38N4O4/c1-34(23-26-24-39-21-22-40-26)31-28(14-15-29(33-31)27-12-6-7-13-30(27)38-2)32(37)36-19-17-35(18-20-36)16-8-11-25-9-4-3-5-10-25/h3-15,26H,16-24H2,1-2H3/b11-8+/t26-/m0/s1. The summed E-state index contributed by atoms with van der Waals surface area (Å²) in [6.45, 7) is 6.16. The first-order chi connectivity index (χ1) is 19.6. The Bertz CT molecular complexity index is 1290. The van der Waals surface area contributed by atoms with Gasteiger partial charge in [0.2, 0.25) is 0 Å². The summed E-state index contributed by atoms with van der Waals surface area (Å²) in [6.07, 6.45) is 4.26. The molecule has 0 saturated carbocycles. The minimum absolute atomic E-state index is 0.00113. The van der Waals surface area contributed by atoms with Crippen LogP contribution in [0.15, 0.2) is 72.8 Å². The van der Waals surface area contributed by atoms with Crippen molar-refractivity contribution >= 4 is 17.8 Å². The number of hydrogen-bond donors (Lipinski definition) is 0. The van der Waals surface area contributed by atoms with Crippen LogP contribution in [0.25, 0.3) is 17.3 Å². The zero-order valence-electron chi connectivity index (χ0n) is 23.4. The number of hydrogen-bond acceptors (Lipinski definition) is 7. The molecule has 3 heterocycles. The van der Waals surface area contributed by atoms with Crippen LogP contribution in [0, 0.1) is 0 Å². The van der Waals surface area contributed by atoms with Crippen molar-refractivity contribution in [3.8, 4) is 17.0 Å². The number of pyridine rings is 1. The summed E-state index contributed by atoms with van der Waals surface area (Å²) in [4.78, 5) is 25.2. The van der Waals surface area contributed by atoms with Gasteiger partial charge in [-0.2, -0.15) is 0 Å². The van der Waals surface area contributed by atoms with Crippen LogP contribution in [0.2, 0.25) is 0 Å². The fourth-order valence-electron chi connectivity index (χ4n) is 5.15. The van der Waals surface area contributed by atoms with Crippen molar-refractivity contribution in [1.82, 2.24) is 14.8 Å². The van der Waals surface area contributed by atoms with Crippen LogP contribution in [0.5, 0.6) is 5.75 Å². The third-order valence-corrected chi connectivity index (χ3v) is 7.35. The second-order valence-electron chi connectivity index (χ2n) is 10.1. The smallest absolute Gasteiger partial charge is 0.257 e. The lowest BCUT2D eigenvalue weighted by molar-refractivity contribution is -0.0837. The van der Waals surface area contributed by atoms with E-state index in [4.69, 9.17) is 19.2 Å². The van der Waals surface area contributed by atoms with Gasteiger partial charge in [0.15, 0.2) is 0 Å². The first kappa shape index (κ1) is 27.8. The summed E-state index contributed by atoms with van der Waals surface area (Å²) in [5.41, 5.74) is 3.43. The molecular formula is C32H38N4O4.